The minimum atomic E-state index is -0.0455. The minimum Gasteiger partial charge on any atom is -0.497 e. The van der Waals surface area contributed by atoms with Gasteiger partial charge in [-0.3, -0.25) is 4.79 Å². The van der Waals surface area contributed by atoms with Crippen molar-refractivity contribution < 1.29 is 9.53 Å². The van der Waals surface area contributed by atoms with E-state index in [1.165, 1.54) is 0 Å². The van der Waals surface area contributed by atoms with Gasteiger partial charge in [-0.15, -0.1) is 0 Å². The van der Waals surface area contributed by atoms with Crippen LogP contribution in [0.25, 0.3) is 22.2 Å². The Hall–Kier alpha value is -3.84. The van der Waals surface area contributed by atoms with Gasteiger partial charge >= 0.3 is 0 Å². The predicted molar refractivity (Wildman–Crippen MR) is 141 cm³/mol. The van der Waals surface area contributed by atoms with E-state index in [-0.39, 0.29) is 5.91 Å². The van der Waals surface area contributed by atoms with E-state index >= 15 is 0 Å². The van der Waals surface area contributed by atoms with Crippen LogP contribution in [-0.4, -0.2) is 61.1 Å². The summed E-state index contributed by atoms with van der Waals surface area (Å²) >= 11 is 0. The van der Waals surface area contributed by atoms with Crippen molar-refractivity contribution in [2.24, 2.45) is 0 Å². The smallest absolute Gasteiger partial charge is 0.225 e. The van der Waals surface area contributed by atoms with Crippen LogP contribution in [0, 0.1) is 0 Å². The Morgan fingerprint density at radius 3 is 2.51 bits per heavy atom. The van der Waals surface area contributed by atoms with Crippen LogP contribution in [0.2, 0.25) is 0 Å². The van der Waals surface area contributed by atoms with Crippen LogP contribution in [0.3, 0.4) is 0 Å². The quantitative estimate of drug-likeness (QED) is 0.415. The Morgan fingerprint density at radius 1 is 1.03 bits per heavy atom. The molecule has 5 rings (SSSR count). The molecule has 7 heteroatoms. The number of aromatic amines is 1. The number of anilines is 2. The van der Waals surface area contributed by atoms with Gasteiger partial charge in [-0.1, -0.05) is 18.2 Å². The lowest BCUT2D eigenvalue weighted by Gasteiger charge is -2.33. The number of H-pyrrole nitrogens is 1. The van der Waals surface area contributed by atoms with E-state index in [0.29, 0.717) is 18.7 Å². The Labute approximate surface area is 205 Å². The molecule has 7 nitrogen and oxygen atoms in total. The number of nitrogens with one attached hydrogen (secondary N) is 2. The van der Waals surface area contributed by atoms with Crippen molar-refractivity contribution in [3.05, 3.63) is 72.4 Å². The molecule has 3 heterocycles. The van der Waals surface area contributed by atoms with E-state index in [0.717, 1.165) is 65.3 Å². The zero-order valence-electron chi connectivity index (χ0n) is 20.3. The second-order valence-corrected chi connectivity index (χ2v) is 8.99. The van der Waals surface area contributed by atoms with E-state index in [2.05, 4.69) is 44.3 Å². The number of hydrogen-bond acceptors (Lipinski definition) is 5. The lowest BCUT2D eigenvalue weighted by molar-refractivity contribution is -0.116. The molecular formula is C28H31N5O2. The second-order valence-electron chi connectivity index (χ2n) is 8.99. The highest BCUT2D eigenvalue weighted by atomic mass is 16.5. The molecule has 1 amide bonds. The molecule has 180 valence electrons. The summed E-state index contributed by atoms with van der Waals surface area (Å²) in [7, 11) is 3.81. The Morgan fingerprint density at radius 2 is 1.80 bits per heavy atom. The zero-order chi connectivity index (χ0) is 24.2. The first-order chi connectivity index (χ1) is 17.1. The second kappa shape index (κ2) is 10.2. The summed E-state index contributed by atoms with van der Waals surface area (Å²) in [6.45, 7) is 4.08. The van der Waals surface area contributed by atoms with Gasteiger partial charge in [-0.05, 0) is 67.1 Å². The van der Waals surface area contributed by atoms with E-state index in [9.17, 15) is 4.79 Å². The van der Waals surface area contributed by atoms with E-state index in [1.807, 2.05) is 54.7 Å². The largest absolute Gasteiger partial charge is 0.497 e. The van der Waals surface area contributed by atoms with Crippen molar-refractivity contribution in [1.29, 1.82) is 0 Å². The third kappa shape index (κ3) is 5.15. The molecule has 35 heavy (non-hydrogen) atoms. The molecule has 1 aliphatic rings. The number of carbonyl (C=O) groups excluding carboxylic acids is 1. The van der Waals surface area contributed by atoms with Gasteiger partial charge < -0.3 is 24.8 Å². The van der Waals surface area contributed by atoms with Gasteiger partial charge in [0, 0.05) is 49.2 Å². The normalized spacial score (nSPS) is 14.3. The SMILES string of the molecule is COc1ccc(-c2[nH]c3ccccc3c2CCC(=O)Nc2ccc(N3CCN(C)CC3)cn2)cc1. The summed E-state index contributed by atoms with van der Waals surface area (Å²) in [5.41, 5.74) is 5.41. The number of amides is 1. The molecule has 1 saturated heterocycles. The van der Waals surface area contributed by atoms with Crippen molar-refractivity contribution in [2.75, 3.05) is 50.6 Å². The number of benzene rings is 2. The first-order valence-electron chi connectivity index (χ1n) is 12.0. The summed E-state index contributed by atoms with van der Waals surface area (Å²) < 4.78 is 5.30. The maximum Gasteiger partial charge on any atom is 0.225 e. The van der Waals surface area contributed by atoms with Crippen LogP contribution in [0.4, 0.5) is 11.5 Å². The number of nitrogens with zero attached hydrogens (tertiary/aromatic N) is 3. The number of likely N-dealkylation sites (N-methyl/N-ethyl adjacent to an activating group) is 1. The predicted octanol–water partition coefficient (Wildman–Crippen LogP) is 4.56. The summed E-state index contributed by atoms with van der Waals surface area (Å²) in [5, 5.41) is 4.10. The number of ether oxygens (including phenoxy) is 1. The van der Waals surface area contributed by atoms with Gasteiger partial charge in [0.1, 0.15) is 11.6 Å². The molecule has 2 aromatic carbocycles. The molecule has 0 bridgehead atoms. The number of hydrogen-bond donors (Lipinski definition) is 2. The lowest BCUT2D eigenvalue weighted by atomic mass is 10.0. The van der Waals surface area contributed by atoms with Crippen molar-refractivity contribution in [3.63, 3.8) is 0 Å². The van der Waals surface area contributed by atoms with Gasteiger partial charge in [0.15, 0.2) is 0 Å². The summed E-state index contributed by atoms with van der Waals surface area (Å²) in [6, 6.07) is 20.1. The fraction of sp³-hybridized carbons (Fsp3) is 0.286. The zero-order valence-corrected chi connectivity index (χ0v) is 20.3. The Balaban J connectivity index is 1.27. The van der Waals surface area contributed by atoms with Gasteiger partial charge in [0.25, 0.3) is 0 Å². The number of para-hydroxylation sites is 1. The highest BCUT2D eigenvalue weighted by Crippen LogP contribution is 2.32. The molecular weight excluding hydrogens is 438 g/mol. The van der Waals surface area contributed by atoms with E-state index in [4.69, 9.17) is 4.74 Å². The van der Waals surface area contributed by atoms with E-state index < -0.39 is 0 Å². The van der Waals surface area contributed by atoms with Crippen molar-refractivity contribution in [3.8, 4) is 17.0 Å². The number of aromatic nitrogens is 2. The summed E-state index contributed by atoms with van der Waals surface area (Å²) in [5.74, 6) is 1.36. The summed E-state index contributed by atoms with van der Waals surface area (Å²) in [6.07, 6.45) is 2.84. The first-order valence-corrected chi connectivity index (χ1v) is 12.0. The van der Waals surface area contributed by atoms with Gasteiger partial charge in [-0.2, -0.15) is 0 Å². The number of piperazine rings is 1. The molecule has 0 unspecified atom stereocenters. The lowest BCUT2D eigenvalue weighted by Crippen LogP contribution is -2.44. The number of carbonyl (C=O) groups is 1. The molecule has 4 aromatic rings. The van der Waals surface area contributed by atoms with Gasteiger partial charge in [0.05, 0.1) is 19.0 Å². The summed E-state index contributed by atoms with van der Waals surface area (Å²) in [4.78, 5) is 25.5. The molecule has 0 spiro atoms. The molecule has 0 atom stereocenters. The number of pyridine rings is 1. The average Bonchev–Trinajstić information content (AvgIpc) is 3.27. The maximum absolute atomic E-state index is 12.8. The van der Waals surface area contributed by atoms with E-state index in [1.54, 1.807) is 7.11 Å². The first kappa shape index (κ1) is 22.9. The number of rotatable bonds is 7. The maximum atomic E-state index is 12.8. The van der Waals surface area contributed by atoms with Crippen LogP contribution in [0.1, 0.15) is 12.0 Å². The molecule has 0 radical (unpaired) electrons. The van der Waals surface area contributed by atoms with Gasteiger partial charge in [0.2, 0.25) is 5.91 Å². The van der Waals surface area contributed by atoms with Crippen LogP contribution in [-0.2, 0) is 11.2 Å². The molecule has 0 saturated carbocycles. The fourth-order valence-corrected chi connectivity index (χ4v) is 4.62. The van der Waals surface area contributed by atoms with Crippen molar-refractivity contribution in [2.45, 2.75) is 12.8 Å². The van der Waals surface area contributed by atoms with Crippen molar-refractivity contribution in [1.82, 2.24) is 14.9 Å². The highest BCUT2D eigenvalue weighted by molar-refractivity contribution is 5.93. The van der Waals surface area contributed by atoms with Gasteiger partial charge in [-0.25, -0.2) is 4.98 Å². The topological polar surface area (TPSA) is 73.5 Å². The molecule has 0 aliphatic carbocycles. The number of fused-ring (bicyclic) bond motifs is 1. The molecule has 2 N–H and O–H groups in total. The molecule has 1 aliphatic heterocycles. The third-order valence-corrected chi connectivity index (χ3v) is 6.68. The van der Waals surface area contributed by atoms with Crippen LogP contribution in [0.15, 0.2) is 66.9 Å². The monoisotopic (exact) mass is 469 g/mol. The number of aryl methyl sites for hydroxylation is 1. The van der Waals surface area contributed by atoms with Crippen LogP contribution in [0.5, 0.6) is 5.75 Å². The number of methoxy groups -OCH3 is 1. The average molecular weight is 470 g/mol. The fourth-order valence-electron chi connectivity index (χ4n) is 4.62. The molecule has 1 fully saturated rings. The Kier molecular flexibility index (Phi) is 6.68. The Bertz CT molecular complexity index is 1290. The van der Waals surface area contributed by atoms with Crippen LogP contribution < -0.4 is 15.0 Å². The standard InChI is InChI=1S/C28H31N5O2/c1-32-15-17-33(18-16-32)21-9-13-26(29-19-21)31-27(34)14-12-24-23-5-3-4-6-25(23)30-28(24)20-7-10-22(35-2)11-8-20/h3-11,13,19,30H,12,14-18H2,1-2H3,(H,29,31,34). The van der Waals surface area contributed by atoms with Crippen LogP contribution >= 0.6 is 0 Å². The minimum absolute atomic E-state index is 0.0455. The highest BCUT2D eigenvalue weighted by Gasteiger charge is 2.16. The van der Waals surface area contributed by atoms with Crippen molar-refractivity contribution >= 4 is 28.3 Å². The third-order valence-electron chi connectivity index (χ3n) is 6.68. The molecule has 2 aromatic heterocycles.